The van der Waals surface area contributed by atoms with Gasteiger partial charge in [-0.15, -0.1) is 0 Å². The van der Waals surface area contributed by atoms with Crippen molar-refractivity contribution in [3.63, 3.8) is 0 Å². The van der Waals surface area contributed by atoms with Crippen molar-refractivity contribution in [2.24, 2.45) is 5.92 Å². The van der Waals surface area contributed by atoms with Crippen molar-refractivity contribution in [2.75, 3.05) is 25.6 Å². The minimum Gasteiger partial charge on any atom is -0.469 e. The molecule has 6 nitrogen and oxygen atoms in total. The van der Waals surface area contributed by atoms with Gasteiger partial charge in [0.05, 0.1) is 18.4 Å². The Morgan fingerprint density at radius 1 is 1.56 bits per heavy atom. The summed E-state index contributed by atoms with van der Waals surface area (Å²) >= 11 is 0. The van der Waals surface area contributed by atoms with Crippen LogP contribution in [0.3, 0.4) is 0 Å². The fourth-order valence-corrected chi connectivity index (χ4v) is 1.94. The highest BCUT2D eigenvalue weighted by molar-refractivity contribution is 5.87. The standard InChI is InChI=1S/C12H16N4O2/c1-8(12(17)18-3)6-16(2)11-9-4-5-13-10(9)14-7-15-11/h4-5,7-8H,6H2,1-3H3,(H,13,14,15)/t8-/m1/s1. The third-order valence-corrected chi connectivity index (χ3v) is 2.85. The lowest BCUT2D eigenvalue weighted by Gasteiger charge is -2.21. The number of fused-ring (bicyclic) bond motifs is 1. The molecule has 0 aromatic carbocycles. The number of nitrogens with zero attached hydrogens (tertiary/aromatic N) is 3. The van der Waals surface area contributed by atoms with Crippen molar-refractivity contribution in [3.8, 4) is 0 Å². The fraction of sp³-hybridized carbons (Fsp3) is 0.417. The van der Waals surface area contributed by atoms with Gasteiger partial charge in [-0.1, -0.05) is 6.92 Å². The van der Waals surface area contributed by atoms with E-state index in [0.29, 0.717) is 6.54 Å². The molecule has 2 aromatic rings. The van der Waals surface area contributed by atoms with E-state index >= 15 is 0 Å². The van der Waals surface area contributed by atoms with Crippen LogP contribution < -0.4 is 4.90 Å². The van der Waals surface area contributed by atoms with Gasteiger partial charge in [0, 0.05) is 19.8 Å². The number of H-pyrrole nitrogens is 1. The molecule has 0 radical (unpaired) electrons. The number of rotatable bonds is 4. The summed E-state index contributed by atoms with van der Waals surface area (Å²) in [5.74, 6) is 0.377. The summed E-state index contributed by atoms with van der Waals surface area (Å²) in [4.78, 5) is 24.8. The van der Waals surface area contributed by atoms with E-state index in [2.05, 4.69) is 15.0 Å². The van der Waals surface area contributed by atoms with Crippen LogP contribution in [0, 0.1) is 5.92 Å². The van der Waals surface area contributed by atoms with Gasteiger partial charge in [-0.3, -0.25) is 4.79 Å². The molecule has 0 aliphatic rings. The summed E-state index contributed by atoms with van der Waals surface area (Å²) in [5.41, 5.74) is 0.789. The summed E-state index contributed by atoms with van der Waals surface area (Å²) in [5, 5.41) is 0.942. The van der Waals surface area contributed by atoms with Crippen LogP contribution in [0.4, 0.5) is 5.82 Å². The maximum atomic E-state index is 11.4. The van der Waals surface area contributed by atoms with E-state index in [1.807, 2.05) is 31.1 Å². The SMILES string of the molecule is COC(=O)[C@H](C)CN(C)c1ncnc2[nH]ccc12. The van der Waals surface area contributed by atoms with Crippen molar-refractivity contribution in [2.45, 2.75) is 6.92 Å². The molecule has 0 spiro atoms. The maximum absolute atomic E-state index is 11.4. The number of methoxy groups -OCH3 is 1. The number of nitrogens with one attached hydrogen (secondary N) is 1. The van der Waals surface area contributed by atoms with Crippen LogP contribution in [0.5, 0.6) is 0 Å². The number of aromatic amines is 1. The Balaban J connectivity index is 2.20. The molecular weight excluding hydrogens is 232 g/mol. The van der Waals surface area contributed by atoms with Crippen molar-refractivity contribution in [3.05, 3.63) is 18.6 Å². The Morgan fingerprint density at radius 2 is 2.33 bits per heavy atom. The smallest absolute Gasteiger partial charge is 0.310 e. The van der Waals surface area contributed by atoms with E-state index in [9.17, 15) is 4.79 Å². The third kappa shape index (κ3) is 2.27. The van der Waals surface area contributed by atoms with Gasteiger partial charge in [0.1, 0.15) is 17.8 Å². The van der Waals surface area contributed by atoms with E-state index < -0.39 is 0 Å². The molecule has 0 saturated heterocycles. The Hall–Kier alpha value is -2.11. The van der Waals surface area contributed by atoms with E-state index in [-0.39, 0.29) is 11.9 Å². The first-order chi connectivity index (χ1) is 8.63. The van der Waals surface area contributed by atoms with Gasteiger partial charge in [-0.2, -0.15) is 0 Å². The Kier molecular flexibility index (Phi) is 3.45. The topological polar surface area (TPSA) is 71.1 Å². The molecule has 2 heterocycles. The maximum Gasteiger partial charge on any atom is 0.310 e. The van der Waals surface area contributed by atoms with Crippen LogP contribution in [0.2, 0.25) is 0 Å². The highest BCUT2D eigenvalue weighted by atomic mass is 16.5. The molecule has 0 aliphatic carbocycles. The number of ether oxygens (including phenoxy) is 1. The number of carbonyl (C=O) groups excluding carboxylic acids is 1. The molecule has 0 aliphatic heterocycles. The highest BCUT2D eigenvalue weighted by Crippen LogP contribution is 2.21. The van der Waals surface area contributed by atoms with Crippen molar-refractivity contribution >= 4 is 22.8 Å². The zero-order chi connectivity index (χ0) is 13.1. The predicted molar refractivity (Wildman–Crippen MR) is 68.3 cm³/mol. The van der Waals surface area contributed by atoms with Crippen molar-refractivity contribution in [1.82, 2.24) is 15.0 Å². The first kappa shape index (κ1) is 12.3. The number of hydrogen-bond acceptors (Lipinski definition) is 5. The van der Waals surface area contributed by atoms with E-state index in [0.717, 1.165) is 16.9 Å². The third-order valence-electron chi connectivity index (χ3n) is 2.85. The molecule has 96 valence electrons. The fourth-order valence-electron chi connectivity index (χ4n) is 1.94. The zero-order valence-electron chi connectivity index (χ0n) is 10.7. The summed E-state index contributed by atoms with van der Waals surface area (Å²) in [6, 6.07) is 1.92. The minimum atomic E-state index is -0.221. The number of carbonyl (C=O) groups is 1. The van der Waals surface area contributed by atoms with Crippen LogP contribution in [0.25, 0.3) is 11.0 Å². The van der Waals surface area contributed by atoms with Crippen LogP contribution in [-0.4, -0.2) is 41.6 Å². The lowest BCUT2D eigenvalue weighted by Crippen LogP contribution is -2.29. The Labute approximate surface area is 105 Å². The Morgan fingerprint density at radius 3 is 3.06 bits per heavy atom. The molecule has 0 amide bonds. The van der Waals surface area contributed by atoms with Gasteiger partial charge < -0.3 is 14.6 Å². The molecule has 2 aromatic heterocycles. The van der Waals surface area contributed by atoms with E-state index in [1.54, 1.807) is 0 Å². The average Bonchev–Trinajstić information content (AvgIpc) is 2.85. The first-order valence-electron chi connectivity index (χ1n) is 5.70. The summed E-state index contributed by atoms with van der Waals surface area (Å²) in [7, 11) is 3.29. The lowest BCUT2D eigenvalue weighted by molar-refractivity contribution is -0.144. The largest absolute Gasteiger partial charge is 0.469 e. The monoisotopic (exact) mass is 248 g/mol. The number of esters is 1. The van der Waals surface area contributed by atoms with Crippen LogP contribution in [-0.2, 0) is 9.53 Å². The summed E-state index contributed by atoms with van der Waals surface area (Å²) in [6.45, 7) is 2.38. The molecule has 0 unspecified atom stereocenters. The van der Waals surface area contributed by atoms with Gasteiger partial charge in [-0.05, 0) is 6.07 Å². The number of anilines is 1. The second-order valence-electron chi connectivity index (χ2n) is 4.24. The van der Waals surface area contributed by atoms with Gasteiger partial charge in [0.15, 0.2) is 0 Å². The average molecular weight is 248 g/mol. The molecule has 6 heteroatoms. The van der Waals surface area contributed by atoms with Gasteiger partial charge in [0.25, 0.3) is 0 Å². The molecule has 1 N–H and O–H groups in total. The minimum absolute atomic E-state index is 0.205. The molecule has 0 bridgehead atoms. The molecule has 1 atom stereocenters. The van der Waals surface area contributed by atoms with E-state index in [4.69, 9.17) is 4.74 Å². The van der Waals surface area contributed by atoms with E-state index in [1.165, 1.54) is 13.4 Å². The summed E-state index contributed by atoms with van der Waals surface area (Å²) < 4.78 is 4.72. The van der Waals surface area contributed by atoms with Gasteiger partial charge >= 0.3 is 5.97 Å². The molecular formula is C12H16N4O2. The second kappa shape index (κ2) is 5.03. The Bertz CT molecular complexity index is 552. The van der Waals surface area contributed by atoms with Gasteiger partial charge in [0.2, 0.25) is 0 Å². The lowest BCUT2D eigenvalue weighted by atomic mass is 10.1. The molecule has 0 fully saturated rings. The predicted octanol–water partition coefficient (Wildman–Crippen LogP) is 1.20. The number of aromatic nitrogens is 3. The van der Waals surface area contributed by atoms with Crippen molar-refractivity contribution < 1.29 is 9.53 Å². The van der Waals surface area contributed by atoms with Crippen LogP contribution in [0.1, 0.15) is 6.92 Å². The molecule has 18 heavy (non-hydrogen) atoms. The molecule has 0 saturated carbocycles. The summed E-state index contributed by atoms with van der Waals surface area (Å²) in [6.07, 6.45) is 3.33. The number of hydrogen-bond donors (Lipinski definition) is 1. The molecule has 2 rings (SSSR count). The zero-order valence-corrected chi connectivity index (χ0v) is 10.7. The normalized spacial score (nSPS) is 12.4. The first-order valence-corrected chi connectivity index (χ1v) is 5.70. The second-order valence-corrected chi connectivity index (χ2v) is 4.24. The van der Waals surface area contributed by atoms with Crippen LogP contribution >= 0.6 is 0 Å². The van der Waals surface area contributed by atoms with Gasteiger partial charge in [-0.25, -0.2) is 9.97 Å². The highest BCUT2D eigenvalue weighted by Gasteiger charge is 2.17. The quantitative estimate of drug-likeness (QED) is 0.823. The van der Waals surface area contributed by atoms with Crippen molar-refractivity contribution in [1.29, 1.82) is 0 Å². The van der Waals surface area contributed by atoms with Crippen LogP contribution in [0.15, 0.2) is 18.6 Å².